The van der Waals surface area contributed by atoms with Gasteiger partial charge in [0, 0.05) is 38.3 Å². The summed E-state index contributed by atoms with van der Waals surface area (Å²) in [6.07, 6.45) is 2.52. The molecule has 1 aliphatic carbocycles. The van der Waals surface area contributed by atoms with Crippen molar-refractivity contribution in [2.75, 3.05) is 26.2 Å². The van der Waals surface area contributed by atoms with E-state index in [4.69, 9.17) is 0 Å². The minimum Gasteiger partial charge on any atom is -0.199 e. The molecular formula is C14H32N4O4S2. The van der Waals surface area contributed by atoms with Crippen LogP contribution >= 0.6 is 0 Å². The van der Waals surface area contributed by atoms with Gasteiger partial charge in [0.1, 0.15) is 0 Å². The highest BCUT2D eigenvalue weighted by molar-refractivity contribution is 7.87. The first kappa shape index (κ1) is 21.8. The van der Waals surface area contributed by atoms with Crippen molar-refractivity contribution < 1.29 is 16.8 Å². The van der Waals surface area contributed by atoms with Gasteiger partial charge in [0.25, 0.3) is 20.4 Å². The number of hydrogen-bond donors (Lipinski definition) is 2. The highest BCUT2D eigenvalue weighted by Gasteiger charge is 2.30. The molecule has 1 rings (SSSR count). The number of nitrogens with one attached hydrogen (secondary N) is 2. The maximum atomic E-state index is 12.2. The molecule has 0 unspecified atom stereocenters. The first-order valence-electron chi connectivity index (χ1n) is 8.74. The predicted molar refractivity (Wildman–Crippen MR) is 96.0 cm³/mol. The van der Waals surface area contributed by atoms with Gasteiger partial charge < -0.3 is 0 Å². The van der Waals surface area contributed by atoms with E-state index in [0.717, 1.165) is 0 Å². The van der Waals surface area contributed by atoms with Crippen molar-refractivity contribution >= 4 is 20.4 Å². The highest BCUT2D eigenvalue weighted by Crippen LogP contribution is 2.21. The van der Waals surface area contributed by atoms with Crippen molar-refractivity contribution in [3.8, 4) is 0 Å². The first-order chi connectivity index (χ1) is 11.2. The maximum Gasteiger partial charge on any atom is 0.279 e. The molecule has 0 amide bonds. The van der Waals surface area contributed by atoms with E-state index in [1.807, 2.05) is 27.7 Å². The minimum absolute atomic E-state index is 0.134. The largest absolute Gasteiger partial charge is 0.279 e. The van der Waals surface area contributed by atoms with Gasteiger partial charge in [-0.3, -0.25) is 0 Å². The van der Waals surface area contributed by atoms with Gasteiger partial charge in [0.2, 0.25) is 0 Å². The van der Waals surface area contributed by atoms with E-state index in [-0.39, 0.29) is 12.1 Å². The van der Waals surface area contributed by atoms with Gasteiger partial charge in [-0.25, -0.2) is 0 Å². The second-order valence-electron chi connectivity index (χ2n) is 5.96. The molecule has 1 saturated carbocycles. The summed E-state index contributed by atoms with van der Waals surface area (Å²) in [7, 11) is -6.92. The third-order valence-corrected chi connectivity index (χ3v) is 8.10. The lowest BCUT2D eigenvalue weighted by Gasteiger charge is -2.32. The molecule has 0 saturated heterocycles. The van der Waals surface area contributed by atoms with Gasteiger partial charge >= 0.3 is 0 Å². The van der Waals surface area contributed by atoms with Crippen LogP contribution in [0.25, 0.3) is 0 Å². The summed E-state index contributed by atoms with van der Waals surface area (Å²) in [6.45, 7) is 8.97. The van der Waals surface area contributed by atoms with Crippen LogP contribution in [0.1, 0.15) is 53.4 Å². The summed E-state index contributed by atoms with van der Waals surface area (Å²) < 4.78 is 57.2. The topological polar surface area (TPSA) is 98.8 Å². The van der Waals surface area contributed by atoms with Crippen molar-refractivity contribution in [2.24, 2.45) is 0 Å². The normalized spacial score (nSPS) is 23.1. The average Bonchev–Trinajstić information content (AvgIpc) is 2.50. The highest BCUT2D eigenvalue weighted by atomic mass is 32.2. The molecule has 0 aromatic rings. The Kier molecular flexibility index (Phi) is 8.57. The van der Waals surface area contributed by atoms with Crippen molar-refractivity contribution in [1.82, 2.24) is 18.1 Å². The third-order valence-electron chi connectivity index (χ3n) is 4.45. The Balaban J connectivity index is 2.56. The van der Waals surface area contributed by atoms with Crippen LogP contribution in [0.4, 0.5) is 0 Å². The van der Waals surface area contributed by atoms with Crippen LogP contribution < -0.4 is 9.44 Å². The smallest absolute Gasteiger partial charge is 0.199 e. The van der Waals surface area contributed by atoms with Crippen molar-refractivity contribution in [3.63, 3.8) is 0 Å². The fourth-order valence-electron chi connectivity index (χ4n) is 3.03. The Morgan fingerprint density at radius 3 is 1.12 bits per heavy atom. The van der Waals surface area contributed by atoms with Crippen LogP contribution in [-0.4, -0.2) is 63.7 Å². The van der Waals surface area contributed by atoms with Crippen LogP contribution in [-0.2, 0) is 20.4 Å². The van der Waals surface area contributed by atoms with E-state index < -0.39 is 20.4 Å². The molecule has 0 bridgehead atoms. The standard InChI is InChI=1S/C14H32N4O4S2/c1-5-17(6-2)23(19,20)15-13-9-11-14(12-10-13)16-24(21,22)18(7-3)8-4/h13-16H,5-12H2,1-4H3. The second-order valence-corrected chi connectivity index (χ2v) is 9.37. The summed E-state index contributed by atoms with van der Waals surface area (Å²) in [6, 6.07) is -0.269. The van der Waals surface area contributed by atoms with Crippen molar-refractivity contribution in [3.05, 3.63) is 0 Å². The molecule has 0 atom stereocenters. The molecule has 0 heterocycles. The zero-order valence-electron chi connectivity index (χ0n) is 15.2. The molecule has 0 spiro atoms. The third kappa shape index (κ3) is 5.92. The van der Waals surface area contributed by atoms with E-state index in [1.165, 1.54) is 8.61 Å². The quantitative estimate of drug-likeness (QED) is 0.578. The zero-order chi connectivity index (χ0) is 18.4. The van der Waals surface area contributed by atoms with E-state index in [1.54, 1.807) is 0 Å². The summed E-state index contributed by atoms with van der Waals surface area (Å²) in [5.74, 6) is 0. The van der Waals surface area contributed by atoms with Gasteiger partial charge in [-0.15, -0.1) is 0 Å². The number of nitrogens with zero attached hydrogens (tertiary/aromatic N) is 2. The molecule has 0 radical (unpaired) electrons. The maximum absolute atomic E-state index is 12.2. The Morgan fingerprint density at radius 1 is 0.667 bits per heavy atom. The predicted octanol–water partition coefficient (Wildman–Crippen LogP) is 0.650. The Morgan fingerprint density at radius 2 is 0.917 bits per heavy atom. The monoisotopic (exact) mass is 384 g/mol. The van der Waals surface area contributed by atoms with Crippen molar-refractivity contribution in [2.45, 2.75) is 65.5 Å². The van der Waals surface area contributed by atoms with Crippen molar-refractivity contribution in [1.29, 1.82) is 0 Å². The van der Waals surface area contributed by atoms with Gasteiger partial charge in [-0.05, 0) is 25.7 Å². The summed E-state index contributed by atoms with van der Waals surface area (Å²) in [5, 5.41) is 0. The summed E-state index contributed by atoms with van der Waals surface area (Å²) in [5.41, 5.74) is 0. The SMILES string of the molecule is CCN(CC)S(=O)(=O)NC1CCC(NS(=O)(=O)N(CC)CC)CC1. The molecule has 2 N–H and O–H groups in total. The number of hydrogen-bond acceptors (Lipinski definition) is 4. The lowest BCUT2D eigenvalue weighted by molar-refractivity contribution is 0.337. The molecule has 0 aromatic heterocycles. The molecule has 144 valence electrons. The van der Waals surface area contributed by atoms with E-state index in [0.29, 0.717) is 51.9 Å². The Hall–Kier alpha value is -0.260. The molecule has 24 heavy (non-hydrogen) atoms. The lowest BCUT2D eigenvalue weighted by Crippen LogP contribution is -2.50. The van der Waals surface area contributed by atoms with E-state index in [2.05, 4.69) is 9.44 Å². The minimum atomic E-state index is -3.46. The second kappa shape index (κ2) is 9.44. The molecule has 8 nitrogen and oxygen atoms in total. The fourth-order valence-corrected chi connectivity index (χ4v) is 6.00. The first-order valence-corrected chi connectivity index (χ1v) is 11.6. The molecule has 10 heteroatoms. The van der Waals surface area contributed by atoms with Crippen LogP contribution in [0.2, 0.25) is 0 Å². The molecular weight excluding hydrogens is 352 g/mol. The van der Waals surface area contributed by atoms with Crippen LogP contribution in [0, 0.1) is 0 Å². The lowest BCUT2D eigenvalue weighted by atomic mass is 9.92. The van der Waals surface area contributed by atoms with Crippen LogP contribution in [0.15, 0.2) is 0 Å². The van der Waals surface area contributed by atoms with E-state index in [9.17, 15) is 16.8 Å². The van der Waals surface area contributed by atoms with Gasteiger partial charge in [-0.1, -0.05) is 27.7 Å². The molecule has 0 aliphatic heterocycles. The average molecular weight is 385 g/mol. The van der Waals surface area contributed by atoms with Gasteiger partial charge in [0.15, 0.2) is 0 Å². The zero-order valence-corrected chi connectivity index (χ0v) is 16.8. The summed E-state index contributed by atoms with van der Waals surface area (Å²) >= 11 is 0. The molecule has 1 fully saturated rings. The summed E-state index contributed by atoms with van der Waals surface area (Å²) in [4.78, 5) is 0. The number of rotatable bonds is 10. The van der Waals surface area contributed by atoms with Gasteiger partial charge in [-0.2, -0.15) is 34.9 Å². The van der Waals surface area contributed by atoms with Crippen LogP contribution in [0.3, 0.4) is 0 Å². The van der Waals surface area contributed by atoms with E-state index >= 15 is 0 Å². The Labute approximate surface area is 147 Å². The molecule has 0 aromatic carbocycles. The Bertz CT molecular complexity index is 512. The fraction of sp³-hybridized carbons (Fsp3) is 1.00. The van der Waals surface area contributed by atoms with Gasteiger partial charge in [0.05, 0.1) is 0 Å². The van der Waals surface area contributed by atoms with Crippen LogP contribution in [0.5, 0.6) is 0 Å². The molecule has 1 aliphatic rings.